The number of amides is 1. The molecule has 34 heavy (non-hydrogen) atoms. The maximum Gasteiger partial charge on any atom is 0.245 e. The van der Waals surface area contributed by atoms with E-state index in [4.69, 9.17) is 0 Å². The Kier molecular flexibility index (Phi) is 5.95. The number of hydrogen-bond acceptors (Lipinski definition) is 7. The van der Waals surface area contributed by atoms with Crippen molar-refractivity contribution in [3.05, 3.63) is 78.0 Å². The number of nitrogens with zero attached hydrogens (tertiary/aromatic N) is 8. The standard InChI is InChI=1S/C23H27N9O2/c1-16-24-9-11-30(16)14-18-12-20-29(2)23(34)19(8-10-32(20)27-18)26-22(33)21-25-15-31(28-21)13-17-6-4-3-5-7-17/h3-7,9,11-12,15,19,22,26,33H,8,10,13-14H2,1-2H3. The first-order chi connectivity index (χ1) is 16.5. The van der Waals surface area contributed by atoms with Crippen molar-refractivity contribution in [1.29, 1.82) is 0 Å². The summed E-state index contributed by atoms with van der Waals surface area (Å²) in [6, 6.07) is 11.2. The molecule has 0 spiro atoms. The highest BCUT2D eigenvalue weighted by Crippen LogP contribution is 2.23. The summed E-state index contributed by atoms with van der Waals surface area (Å²) in [4.78, 5) is 23.2. The van der Waals surface area contributed by atoms with Crippen molar-refractivity contribution in [2.75, 3.05) is 11.9 Å². The lowest BCUT2D eigenvalue weighted by atomic mass is 10.2. The lowest BCUT2D eigenvalue weighted by molar-refractivity contribution is -0.121. The number of carbonyl (C=O) groups excluding carboxylic acids is 1. The van der Waals surface area contributed by atoms with Gasteiger partial charge in [-0.3, -0.25) is 15.0 Å². The van der Waals surface area contributed by atoms with E-state index in [2.05, 4.69) is 25.5 Å². The van der Waals surface area contributed by atoms with Crippen LogP contribution in [0.3, 0.4) is 0 Å². The summed E-state index contributed by atoms with van der Waals surface area (Å²) < 4.78 is 5.50. The molecule has 1 aliphatic rings. The number of fused-ring (bicyclic) bond motifs is 1. The molecule has 0 radical (unpaired) electrons. The second kappa shape index (κ2) is 9.20. The molecule has 0 bridgehead atoms. The molecule has 0 saturated carbocycles. The van der Waals surface area contributed by atoms with E-state index in [1.54, 1.807) is 29.2 Å². The van der Waals surface area contributed by atoms with E-state index in [1.807, 2.05) is 58.8 Å². The van der Waals surface area contributed by atoms with Crippen LogP contribution in [-0.2, 0) is 24.4 Å². The summed E-state index contributed by atoms with van der Waals surface area (Å²) in [5.41, 5.74) is 1.94. The van der Waals surface area contributed by atoms with Gasteiger partial charge in [-0.1, -0.05) is 30.3 Å². The molecule has 5 rings (SSSR count). The van der Waals surface area contributed by atoms with Gasteiger partial charge < -0.3 is 9.67 Å². The minimum atomic E-state index is -1.16. The first-order valence-corrected chi connectivity index (χ1v) is 11.2. The molecule has 1 aromatic carbocycles. The first kappa shape index (κ1) is 22.0. The Bertz CT molecular complexity index is 1280. The van der Waals surface area contributed by atoms with E-state index >= 15 is 0 Å². The predicted octanol–water partition coefficient (Wildman–Crippen LogP) is 1.09. The Hall–Kier alpha value is -3.83. The van der Waals surface area contributed by atoms with Gasteiger partial charge in [-0.15, -0.1) is 0 Å². The summed E-state index contributed by atoms with van der Waals surface area (Å²) in [5, 5.41) is 22.7. The molecule has 1 aliphatic heterocycles. The van der Waals surface area contributed by atoms with Crippen LogP contribution in [0.4, 0.5) is 5.82 Å². The van der Waals surface area contributed by atoms with E-state index in [0.29, 0.717) is 26.1 Å². The molecule has 4 aromatic rings. The quantitative estimate of drug-likeness (QED) is 0.396. The Labute approximate surface area is 196 Å². The predicted molar refractivity (Wildman–Crippen MR) is 124 cm³/mol. The number of aryl methyl sites for hydroxylation is 2. The highest BCUT2D eigenvalue weighted by molar-refractivity contribution is 5.96. The zero-order chi connectivity index (χ0) is 23.7. The topological polar surface area (TPSA) is 119 Å². The van der Waals surface area contributed by atoms with Crippen LogP contribution in [0, 0.1) is 6.92 Å². The van der Waals surface area contributed by atoms with Crippen LogP contribution in [0.2, 0.25) is 0 Å². The van der Waals surface area contributed by atoms with Crippen LogP contribution in [-0.4, -0.2) is 58.2 Å². The number of carbonyl (C=O) groups is 1. The summed E-state index contributed by atoms with van der Waals surface area (Å²) in [5.74, 6) is 1.71. The molecule has 0 aliphatic carbocycles. The second-order valence-electron chi connectivity index (χ2n) is 8.41. The van der Waals surface area contributed by atoms with E-state index in [1.165, 1.54) is 0 Å². The van der Waals surface area contributed by atoms with Gasteiger partial charge in [0, 0.05) is 32.1 Å². The molecule has 11 nitrogen and oxygen atoms in total. The molecule has 1 amide bonds. The molecule has 4 heterocycles. The van der Waals surface area contributed by atoms with Gasteiger partial charge in [0.15, 0.2) is 12.1 Å². The van der Waals surface area contributed by atoms with Crippen molar-refractivity contribution in [2.45, 2.75) is 45.2 Å². The minimum Gasteiger partial charge on any atom is -0.371 e. The first-order valence-electron chi connectivity index (χ1n) is 11.2. The molecule has 0 saturated heterocycles. The van der Waals surface area contributed by atoms with Crippen LogP contribution in [0.15, 0.2) is 55.1 Å². The highest BCUT2D eigenvalue weighted by Gasteiger charge is 2.31. The molecule has 11 heteroatoms. The highest BCUT2D eigenvalue weighted by atomic mass is 16.3. The minimum absolute atomic E-state index is 0.147. The Morgan fingerprint density at radius 1 is 1.18 bits per heavy atom. The number of aromatic nitrogens is 7. The van der Waals surface area contributed by atoms with Gasteiger partial charge in [-0.25, -0.2) is 19.3 Å². The van der Waals surface area contributed by atoms with Crippen molar-refractivity contribution < 1.29 is 9.90 Å². The third-order valence-electron chi connectivity index (χ3n) is 6.01. The molecule has 176 valence electrons. The number of imidazole rings is 1. The second-order valence-corrected chi connectivity index (χ2v) is 8.41. The summed E-state index contributed by atoms with van der Waals surface area (Å²) in [7, 11) is 1.72. The average Bonchev–Trinajstić information content (AvgIpc) is 3.56. The lowest BCUT2D eigenvalue weighted by Gasteiger charge is -2.22. The summed E-state index contributed by atoms with van der Waals surface area (Å²) >= 11 is 0. The third-order valence-corrected chi connectivity index (χ3v) is 6.01. The zero-order valence-corrected chi connectivity index (χ0v) is 19.1. The Balaban J connectivity index is 1.24. The number of benzene rings is 1. The fourth-order valence-electron chi connectivity index (χ4n) is 4.14. The molecule has 2 unspecified atom stereocenters. The fourth-order valence-corrected chi connectivity index (χ4v) is 4.14. The van der Waals surface area contributed by atoms with E-state index in [-0.39, 0.29) is 11.7 Å². The average molecular weight is 462 g/mol. The van der Waals surface area contributed by atoms with Gasteiger partial charge in [0.25, 0.3) is 0 Å². The number of likely N-dealkylation sites (N-methyl/N-ethyl adjacent to an activating group) is 1. The van der Waals surface area contributed by atoms with Crippen molar-refractivity contribution >= 4 is 11.7 Å². The SMILES string of the molecule is Cc1nccn1Cc1cc2n(n1)CCC(NC(O)c1ncn(Cc3ccccc3)n1)C(=O)N2C. The maximum atomic E-state index is 13.2. The van der Waals surface area contributed by atoms with E-state index in [0.717, 1.165) is 22.9 Å². The van der Waals surface area contributed by atoms with Gasteiger partial charge >= 0.3 is 0 Å². The zero-order valence-electron chi connectivity index (χ0n) is 19.1. The van der Waals surface area contributed by atoms with Crippen molar-refractivity contribution in [3.63, 3.8) is 0 Å². The van der Waals surface area contributed by atoms with Gasteiger partial charge in [-0.2, -0.15) is 10.2 Å². The molecule has 2 N–H and O–H groups in total. The maximum absolute atomic E-state index is 13.2. The van der Waals surface area contributed by atoms with Crippen LogP contribution >= 0.6 is 0 Å². The smallest absolute Gasteiger partial charge is 0.245 e. The fraction of sp³-hybridized carbons (Fsp3) is 0.348. The largest absolute Gasteiger partial charge is 0.371 e. The Morgan fingerprint density at radius 3 is 2.76 bits per heavy atom. The lowest BCUT2D eigenvalue weighted by Crippen LogP contribution is -2.45. The number of hydrogen-bond donors (Lipinski definition) is 2. The van der Waals surface area contributed by atoms with E-state index in [9.17, 15) is 9.90 Å². The molecule has 2 atom stereocenters. The van der Waals surface area contributed by atoms with E-state index < -0.39 is 12.3 Å². The van der Waals surface area contributed by atoms with Crippen LogP contribution in [0.5, 0.6) is 0 Å². The van der Waals surface area contributed by atoms with Crippen LogP contribution < -0.4 is 10.2 Å². The monoisotopic (exact) mass is 461 g/mol. The molecule has 0 fully saturated rings. The van der Waals surface area contributed by atoms with Crippen molar-refractivity contribution in [1.82, 2.24) is 39.4 Å². The number of nitrogens with one attached hydrogen (secondary N) is 1. The number of aliphatic hydroxyl groups excluding tert-OH is 1. The molecular formula is C23H27N9O2. The third kappa shape index (κ3) is 4.47. The van der Waals surface area contributed by atoms with Gasteiger partial charge in [0.2, 0.25) is 5.91 Å². The van der Waals surface area contributed by atoms with Crippen molar-refractivity contribution in [2.24, 2.45) is 0 Å². The molecular weight excluding hydrogens is 434 g/mol. The van der Waals surface area contributed by atoms with Gasteiger partial charge in [0.1, 0.15) is 18.0 Å². The Morgan fingerprint density at radius 2 is 2.00 bits per heavy atom. The summed E-state index contributed by atoms with van der Waals surface area (Å²) in [6.07, 6.45) is 4.55. The van der Waals surface area contributed by atoms with Crippen molar-refractivity contribution in [3.8, 4) is 0 Å². The normalized spacial score (nSPS) is 17.0. The molecule has 3 aromatic heterocycles. The van der Waals surface area contributed by atoms with Gasteiger partial charge in [0.05, 0.1) is 24.8 Å². The summed E-state index contributed by atoms with van der Waals surface area (Å²) in [6.45, 7) is 3.62. The van der Waals surface area contributed by atoms with Gasteiger partial charge in [-0.05, 0) is 18.9 Å². The van der Waals surface area contributed by atoms with Crippen LogP contribution in [0.1, 0.15) is 35.6 Å². The number of anilines is 1. The van der Waals surface area contributed by atoms with Crippen LogP contribution in [0.25, 0.3) is 0 Å². The number of aliphatic hydroxyl groups is 1. The number of rotatable bonds is 7.